The molecule has 0 saturated heterocycles. The van der Waals surface area contributed by atoms with Crippen molar-refractivity contribution >= 4 is 46.1 Å². The number of amides is 2. The Hall–Kier alpha value is -5.11. The van der Waals surface area contributed by atoms with Crippen molar-refractivity contribution in [2.75, 3.05) is 10.6 Å². The molecule has 4 aromatic rings. The van der Waals surface area contributed by atoms with Crippen molar-refractivity contribution in [2.24, 2.45) is 0 Å². The number of nitrogens with zero attached hydrogens (tertiary/aromatic N) is 1. The number of carboxylic acid groups (broad SMARTS) is 1. The Morgan fingerprint density at radius 2 is 1.69 bits per heavy atom. The molecule has 2 fully saturated rings. The number of carbonyl (C=O) groups excluding carboxylic acids is 2. The minimum absolute atomic E-state index is 0.234. The summed E-state index contributed by atoms with van der Waals surface area (Å²) in [6, 6.07) is 21.6. The summed E-state index contributed by atoms with van der Waals surface area (Å²) in [7, 11) is 0. The van der Waals surface area contributed by atoms with E-state index in [4.69, 9.17) is 5.11 Å². The number of nitrogens with one attached hydrogen (secondary N) is 3. The Morgan fingerprint density at radius 3 is 2.46 bits per heavy atom. The summed E-state index contributed by atoms with van der Waals surface area (Å²) in [5, 5.41) is 19.8. The second-order valence-corrected chi connectivity index (χ2v) is 13.4. The Kier molecular flexibility index (Phi) is 8.89. The van der Waals surface area contributed by atoms with Crippen LogP contribution in [0.15, 0.2) is 85.1 Å². The SMILES string of the molecule is O=C(O)/C=C/c1ccc(NC(=O)C2(NC(=O)c3ccc4c(C5CCCCC5)c5n(c4c3)CC/C=C\Nc3ccccc3-5)CCCC2)cc1. The molecule has 1 aromatic heterocycles. The highest BCUT2D eigenvalue weighted by Gasteiger charge is 2.43. The van der Waals surface area contributed by atoms with Crippen LogP contribution in [-0.2, 0) is 16.1 Å². The molecular formula is C40H42N4O4. The van der Waals surface area contributed by atoms with Crippen LogP contribution in [0.5, 0.6) is 0 Å². The normalized spacial score (nSPS) is 18.2. The van der Waals surface area contributed by atoms with Gasteiger partial charge in [-0.1, -0.05) is 74.6 Å². The van der Waals surface area contributed by atoms with Crippen LogP contribution in [0.2, 0.25) is 0 Å². The van der Waals surface area contributed by atoms with Crippen LogP contribution in [0.3, 0.4) is 0 Å². The number of rotatable bonds is 7. The first kappa shape index (κ1) is 31.5. The molecule has 3 aromatic carbocycles. The van der Waals surface area contributed by atoms with Gasteiger partial charge in [0.2, 0.25) is 5.91 Å². The fourth-order valence-electron chi connectivity index (χ4n) is 7.87. The molecule has 0 spiro atoms. The molecule has 2 amide bonds. The van der Waals surface area contributed by atoms with Crippen molar-refractivity contribution in [1.29, 1.82) is 0 Å². The van der Waals surface area contributed by atoms with Crippen LogP contribution in [0.1, 0.15) is 91.6 Å². The van der Waals surface area contributed by atoms with Crippen molar-refractivity contribution in [3.05, 3.63) is 102 Å². The zero-order valence-corrected chi connectivity index (χ0v) is 27.1. The fraction of sp³-hybridized carbons (Fsp3) is 0.325. The lowest BCUT2D eigenvalue weighted by molar-refractivity contribution is -0.131. The third kappa shape index (κ3) is 6.27. The van der Waals surface area contributed by atoms with Crippen LogP contribution in [0.4, 0.5) is 11.4 Å². The van der Waals surface area contributed by atoms with Gasteiger partial charge in [-0.25, -0.2) is 4.79 Å². The van der Waals surface area contributed by atoms with E-state index in [1.54, 1.807) is 24.3 Å². The van der Waals surface area contributed by atoms with Gasteiger partial charge < -0.3 is 25.6 Å². The van der Waals surface area contributed by atoms with Gasteiger partial charge in [-0.3, -0.25) is 9.59 Å². The minimum atomic E-state index is -1.02. The van der Waals surface area contributed by atoms with Crippen LogP contribution >= 0.6 is 0 Å². The lowest BCUT2D eigenvalue weighted by atomic mass is 9.81. The van der Waals surface area contributed by atoms with E-state index in [2.05, 4.69) is 56.9 Å². The highest BCUT2D eigenvalue weighted by molar-refractivity contribution is 6.06. The van der Waals surface area contributed by atoms with E-state index in [0.717, 1.165) is 43.1 Å². The maximum absolute atomic E-state index is 14.1. The van der Waals surface area contributed by atoms with Gasteiger partial charge in [0.05, 0.1) is 5.69 Å². The van der Waals surface area contributed by atoms with Crippen molar-refractivity contribution in [2.45, 2.75) is 82.2 Å². The van der Waals surface area contributed by atoms with Gasteiger partial charge in [0.25, 0.3) is 5.91 Å². The minimum Gasteiger partial charge on any atom is -0.478 e. The molecule has 4 N–H and O–H groups in total. The summed E-state index contributed by atoms with van der Waals surface area (Å²) in [6.45, 7) is 0.799. The number of para-hydroxylation sites is 1. The number of aryl methyl sites for hydroxylation is 1. The molecule has 8 nitrogen and oxygen atoms in total. The zero-order valence-electron chi connectivity index (χ0n) is 27.1. The van der Waals surface area contributed by atoms with Crippen molar-refractivity contribution < 1.29 is 19.5 Å². The van der Waals surface area contributed by atoms with E-state index in [1.807, 2.05) is 18.3 Å². The predicted molar refractivity (Wildman–Crippen MR) is 191 cm³/mol. The monoisotopic (exact) mass is 642 g/mol. The third-order valence-corrected chi connectivity index (χ3v) is 10.3. The van der Waals surface area contributed by atoms with Crippen LogP contribution in [-0.4, -0.2) is 33.0 Å². The summed E-state index contributed by atoms with van der Waals surface area (Å²) < 4.78 is 2.42. The molecule has 7 rings (SSSR count). The first-order valence-electron chi connectivity index (χ1n) is 17.2. The first-order chi connectivity index (χ1) is 23.4. The molecule has 1 aliphatic heterocycles. The fourth-order valence-corrected chi connectivity index (χ4v) is 7.87. The lowest BCUT2D eigenvalue weighted by Gasteiger charge is -2.29. The van der Waals surface area contributed by atoms with Gasteiger partial charge in [-0.2, -0.15) is 0 Å². The topological polar surface area (TPSA) is 112 Å². The summed E-state index contributed by atoms with van der Waals surface area (Å²) >= 11 is 0. The molecule has 0 atom stereocenters. The van der Waals surface area contributed by atoms with Crippen LogP contribution in [0.25, 0.3) is 28.2 Å². The number of hydrogen-bond acceptors (Lipinski definition) is 4. The Labute approximate surface area is 280 Å². The molecule has 2 saturated carbocycles. The Morgan fingerprint density at radius 1 is 0.917 bits per heavy atom. The number of allylic oxidation sites excluding steroid dienone is 1. The van der Waals surface area contributed by atoms with Crippen molar-refractivity contribution in [3.63, 3.8) is 0 Å². The van der Waals surface area contributed by atoms with Gasteiger partial charge in [0.15, 0.2) is 0 Å². The molecule has 0 bridgehead atoms. The van der Waals surface area contributed by atoms with Gasteiger partial charge in [0, 0.05) is 46.0 Å². The number of anilines is 2. The third-order valence-electron chi connectivity index (χ3n) is 10.3. The highest BCUT2D eigenvalue weighted by Crippen LogP contribution is 2.46. The molecule has 3 aliphatic rings. The number of fused-ring (bicyclic) bond motifs is 5. The van der Waals surface area contributed by atoms with E-state index in [9.17, 15) is 14.4 Å². The van der Waals surface area contributed by atoms with E-state index in [-0.39, 0.29) is 11.8 Å². The molecule has 48 heavy (non-hydrogen) atoms. The molecular weight excluding hydrogens is 600 g/mol. The molecule has 246 valence electrons. The van der Waals surface area contributed by atoms with Crippen LogP contribution in [0, 0.1) is 0 Å². The number of carbonyl (C=O) groups is 3. The first-order valence-corrected chi connectivity index (χ1v) is 17.2. The summed E-state index contributed by atoms with van der Waals surface area (Å²) in [6.07, 6.45) is 16.5. The highest BCUT2D eigenvalue weighted by atomic mass is 16.4. The maximum atomic E-state index is 14.1. The van der Waals surface area contributed by atoms with Crippen LogP contribution < -0.4 is 16.0 Å². The molecule has 2 aliphatic carbocycles. The number of carboxylic acids is 1. The van der Waals surface area contributed by atoms with Gasteiger partial charge in [-0.05, 0) is 91.8 Å². The smallest absolute Gasteiger partial charge is 0.328 e. The van der Waals surface area contributed by atoms with E-state index >= 15 is 0 Å². The standard InChI is InChI=1S/C40H42N4O4/c45-35(46)21-16-27-14-18-30(19-15-27)42-39(48)40(22-6-7-23-40)43-38(47)29-17-20-32-34(26-29)44-25-9-8-24-41-33-13-5-4-12-31(33)37(44)36(32)28-10-2-1-3-11-28/h4-5,8,12-21,24,26,28,41H,1-3,6-7,9-11,22-23,25H2,(H,42,48)(H,43,47)(H,45,46)/b21-16+,24-8-. The second kappa shape index (κ2) is 13.6. The van der Waals surface area contributed by atoms with E-state index < -0.39 is 11.5 Å². The lowest BCUT2D eigenvalue weighted by Crippen LogP contribution is -2.55. The number of hydrogen-bond donors (Lipinski definition) is 4. The second-order valence-electron chi connectivity index (χ2n) is 13.4. The molecule has 8 heteroatoms. The molecule has 0 radical (unpaired) electrons. The van der Waals surface area contributed by atoms with E-state index in [1.165, 1.54) is 60.4 Å². The van der Waals surface area contributed by atoms with Gasteiger partial charge >= 0.3 is 5.97 Å². The number of aromatic nitrogens is 1. The molecule has 2 heterocycles. The average molecular weight is 643 g/mol. The average Bonchev–Trinajstić information content (AvgIpc) is 3.73. The Balaban J connectivity index is 1.22. The van der Waals surface area contributed by atoms with Crippen molar-refractivity contribution in [3.8, 4) is 11.3 Å². The van der Waals surface area contributed by atoms with Gasteiger partial charge in [-0.15, -0.1) is 0 Å². The quantitative estimate of drug-likeness (QED) is 0.151. The number of benzene rings is 3. The maximum Gasteiger partial charge on any atom is 0.328 e. The number of aliphatic carboxylic acids is 1. The zero-order chi connectivity index (χ0) is 33.1. The Bertz CT molecular complexity index is 1910. The van der Waals surface area contributed by atoms with Gasteiger partial charge in [0.1, 0.15) is 5.54 Å². The summed E-state index contributed by atoms with van der Waals surface area (Å²) in [5.74, 6) is -1.04. The molecule has 0 unspecified atom stereocenters. The predicted octanol–water partition coefficient (Wildman–Crippen LogP) is 8.46. The van der Waals surface area contributed by atoms with E-state index in [0.29, 0.717) is 35.6 Å². The largest absolute Gasteiger partial charge is 0.478 e. The summed E-state index contributed by atoms with van der Waals surface area (Å²) in [5.41, 5.74) is 6.81. The van der Waals surface area contributed by atoms with Crippen molar-refractivity contribution in [1.82, 2.24) is 9.88 Å². The summed E-state index contributed by atoms with van der Waals surface area (Å²) in [4.78, 5) is 38.7.